The molecule has 1 aliphatic heterocycles. The average Bonchev–Trinajstić information content (AvgIpc) is 3.62. The summed E-state index contributed by atoms with van der Waals surface area (Å²) in [7, 11) is 3.16. The number of nitrogens with zero attached hydrogens (tertiary/aromatic N) is 4. The largest absolute Gasteiger partial charge is 0.497 e. The van der Waals surface area contributed by atoms with Gasteiger partial charge in [0.1, 0.15) is 12.3 Å². The van der Waals surface area contributed by atoms with E-state index in [1.807, 2.05) is 24.3 Å². The molecule has 10 nitrogen and oxygen atoms in total. The van der Waals surface area contributed by atoms with Gasteiger partial charge < -0.3 is 14.4 Å². The second kappa shape index (κ2) is 12.0. The van der Waals surface area contributed by atoms with E-state index in [1.165, 1.54) is 17.1 Å². The van der Waals surface area contributed by atoms with Crippen molar-refractivity contribution in [3.8, 4) is 5.75 Å². The third-order valence-electron chi connectivity index (χ3n) is 6.99. The van der Waals surface area contributed by atoms with Crippen LogP contribution < -0.4 is 4.74 Å². The van der Waals surface area contributed by atoms with Crippen LogP contribution in [0.15, 0.2) is 53.6 Å². The molecule has 0 saturated heterocycles. The molecular formula is C27H32N4O6. The quantitative estimate of drug-likeness (QED) is 0.355. The molecule has 0 radical (unpaired) electrons. The van der Waals surface area contributed by atoms with Gasteiger partial charge in [0.15, 0.2) is 0 Å². The molecule has 2 aromatic rings. The maximum absolute atomic E-state index is 13.6. The minimum Gasteiger partial charge on any atom is -0.497 e. The lowest BCUT2D eigenvalue weighted by Gasteiger charge is -2.28. The summed E-state index contributed by atoms with van der Waals surface area (Å²) in [6, 6.07) is 13.2. The number of amides is 2. The van der Waals surface area contributed by atoms with E-state index in [2.05, 4.69) is 5.10 Å². The normalized spacial score (nSPS) is 17.5. The van der Waals surface area contributed by atoms with E-state index in [1.54, 1.807) is 31.3 Å². The van der Waals surface area contributed by atoms with Gasteiger partial charge in [-0.25, -0.2) is 5.01 Å². The summed E-state index contributed by atoms with van der Waals surface area (Å²) >= 11 is 0. The highest BCUT2D eigenvalue weighted by atomic mass is 16.6. The van der Waals surface area contributed by atoms with Crippen molar-refractivity contribution in [2.24, 2.45) is 11.0 Å². The van der Waals surface area contributed by atoms with Crippen molar-refractivity contribution in [3.05, 3.63) is 69.8 Å². The highest BCUT2D eigenvalue weighted by molar-refractivity contribution is 6.03. The van der Waals surface area contributed by atoms with Crippen molar-refractivity contribution in [3.63, 3.8) is 0 Å². The van der Waals surface area contributed by atoms with Gasteiger partial charge in [0, 0.05) is 38.1 Å². The van der Waals surface area contributed by atoms with Crippen LogP contribution in [0.1, 0.15) is 49.3 Å². The van der Waals surface area contributed by atoms with Crippen molar-refractivity contribution >= 4 is 23.2 Å². The number of hydrogen-bond acceptors (Lipinski definition) is 7. The van der Waals surface area contributed by atoms with Crippen LogP contribution in [0.5, 0.6) is 5.75 Å². The molecule has 0 N–H and O–H groups in total. The first-order chi connectivity index (χ1) is 17.9. The number of rotatable bonds is 10. The first kappa shape index (κ1) is 26.3. The van der Waals surface area contributed by atoms with Crippen LogP contribution in [0.25, 0.3) is 0 Å². The number of carbonyl (C=O) groups is 2. The molecule has 2 aromatic carbocycles. The SMILES string of the molecule is COCCN(CC(=O)N1N=C(c2ccc([N+](=O)[O-])cc2)CC1c1ccc(OC)cc1)C(=O)C1CCCC1. The van der Waals surface area contributed by atoms with E-state index >= 15 is 0 Å². The average molecular weight is 509 g/mol. The predicted octanol–water partition coefficient (Wildman–Crippen LogP) is 3.95. The van der Waals surface area contributed by atoms with Crippen LogP contribution in [0, 0.1) is 16.0 Å². The third-order valence-corrected chi connectivity index (χ3v) is 6.99. The summed E-state index contributed by atoms with van der Waals surface area (Å²) in [4.78, 5) is 39.0. The van der Waals surface area contributed by atoms with E-state index < -0.39 is 4.92 Å². The highest BCUT2D eigenvalue weighted by Gasteiger charge is 2.36. The van der Waals surface area contributed by atoms with E-state index in [0.717, 1.165) is 31.2 Å². The molecule has 1 fully saturated rings. The number of benzene rings is 2. The maximum atomic E-state index is 13.6. The van der Waals surface area contributed by atoms with Crippen molar-refractivity contribution < 1.29 is 24.0 Å². The molecule has 2 aliphatic rings. The molecule has 0 aromatic heterocycles. The lowest BCUT2D eigenvalue weighted by molar-refractivity contribution is -0.384. The molecule has 37 heavy (non-hydrogen) atoms. The van der Waals surface area contributed by atoms with Crippen LogP contribution in [0.4, 0.5) is 5.69 Å². The number of methoxy groups -OCH3 is 2. The zero-order valence-corrected chi connectivity index (χ0v) is 21.2. The minimum absolute atomic E-state index is 0.0114. The summed E-state index contributed by atoms with van der Waals surface area (Å²) in [5.41, 5.74) is 2.22. The fourth-order valence-corrected chi connectivity index (χ4v) is 4.91. The minimum atomic E-state index is -0.452. The van der Waals surface area contributed by atoms with Gasteiger partial charge >= 0.3 is 0 Å². The summed E-state index contributed by atoms with van der Waals surface area (Å²) in [6.45, 7) is 0.574. The number of hydrogen-bond donors (Lipinski definition) is 0. The van der Waals surface area contributed by atoms with E-state index in [-0.39, 0.29) is 36.0 Å². The van der Waals surface area contributed by atoms with Gasteiger partial charge in [0.25, 0.3) is 11.6 Å². The third kappa shape index (κ3) is 6.14. The Labute approximate surface area is 216 Å². The van der Waals surface area contributed by atoms with Crippen molar-refractivity contribution in [2.45, 2.75) is 38.1 Å². The fraction of sp³-hybridized carbons (Fsp3) is 0.444. The van der Waals surface area contributed by atoms with Crippen LogP contribution in [-0.4, -0.2) is 66.3 Å². The molecule has 0 spiro atoms. The van der Waals surface area contributed by atoms with E-state index in [0.29, 0.717) is 36.6 Å². The Bertz CT molecular complexity index is 1140. The second-order valence-electron chi connectivity index (χ2n) is 9.32. The van der Waals surface area contributed by atoms with Gasteiger partial charge in [-0.05, 0) is 48.2 Å². The Balaban J connectivity index is 1.60. The molecule has 4 rings (SSSR count). The van der Waals surface area contributed by atoms with Gasteiger partial charge in [-0.2, -0.15) is 5.10 Å². The van der Waals surface area contributed by atoms with Gasteiger partial charge in [-0.1, -0.05) is 25.0 Å². The van der Waals surface area contributed by atoms with Crippen molar-refractivity contribution in [1.29, 1.82) is 0 Å². The van der Waals surface area contributed by atoms with Gasteiger partial charge in [0.05, 0.1) is 30.4 Å². The molecule has 1 heterocycles. The zero-order valence-electron chi connectivity index (χ0n) is 21.2. The van der Waals surface area contributed by atoms with E-state index in [9.17, 15) is 19.7 Å². The molecule has 0 bridgehead atoms. The maximum Gasteiger partial charge on any atom is 0.269 e. The summed E-state index contributed by atoms with van der Waals surface area (Å²) in [6.07, 6.45) is 4.17. The second-order valence-corrected chi connectivity index (χ2v) is 9.32. The highest BCUT2D eigenvalue weighted by Crippen LogP contribution is 2.34. The first-order valence-electron chi connectivity index (χ1n) is 12.5. The Kier molecular flexibility index (Phi) is 8.50. The summed E-state index contributed by atoms with van der Waals surface area (Å²) in [5.74, 6) is 0.340. The number of carbonyl (C=O) groups excluding carboxylic acids is 2. The standard InChI is InChI=1S/C27H32N4O6/c1-36-16-15-29(27(33)21-5-3-4-6-21)18-26(32)30-25(20-9-13-23(37-2)14-10-20)17-24(28-30)19-7-11-22(12-8-19)31(34)35/h7-14,21,25H,3-6,15-18H2,1-2H3. The van der Waals surface area contributed by atoms with Gasteiger partial charge in [0.2, 0.25) is 5.91 Å². The molecule has 1 saturated carbocycles. The van der Waals surface area contributed by atoms with Crippen LogP contribution >= 0.6 is 0 Å². The Morgan fingerprint density at radius 3 is 2.35 bits per heavy atom. The summed E-state index contributed by atoms with van der Waals surface area (Å²) < 4.78 is 10.5. The number of nitro benzene ring substituents is 1. The monoisotopic (exact) mass is 508 g/mol. The topological polar surface area (TPSA) is 115 Å². The Morgan fingerprint density at radius 2 is 1.76 bits per heavy atom. The van der Waals surface area contributed by atoms with Crippen LogP contribution in [0.3, 0.4) is 0 Å². The Hall–Kier alpha value is -3.79. The van der Waals surface area contributed by atoms with Gasteiger partial charge in [-0.15, -0.1) is 0 Å². The number of hydrazone groups is 1. The number of nitro groups is 1. The first-order valence-corrected chi connectivity index (χ1v) is 12.5. The number of non-ortho nitro benzene ring substituents is 1. The van der Waals surface area contributed by atoms with E-state index in [4.69, 9.17) is 9.47 Å². The lowest BCUT2D eigenvalue weighted by Crippen LogP contribution is -2.44. The Morgan fingerprint density at radius 1 is 1.08 bits per heavy atom. The summed E-state index contributed by atoms with van der Waals surface area (Å²) in [5, 5.41) is 17.2. The van der Waals surface area contributed by atoms with Crippen LogP contribution in [0.2, 0.25) is 0 Å². The van der Waals surface area contributed by atoms with Crippen molar-refractivity contribution in [2.75, 3.05) is 33.9 Å². The lowest BCUT2D eigenvalue weighted by atomic mass is 9.98. The molecule has 1 atom stereocenters. The van der Waals surface area contributed by atoms with Crippen LogP contribution in [-0.2, 0) is 14.3 Å². The smallest absolute Gasteiger partial charge is 0.269 e. The van der Waals surface area contributed by atoms with Gasteiger partial charge in [-0.3, -0.25) is 19.7 Å². The predicted molar refractivity (Wildman–Crippen MR) is 137 cm³/mol. The molecule has 1 aliphatic carbocycles. The fourth-order valence-electron chi connectivity index (χ4n) is 4.91. The molecule has 10 heteroatoms. The molecular weight excluding hydrogens is 476 g/mol. The molecule has 2 amide bonds. The molecule has 1 unspecified atom stereocenters. The van der Waals surface area contributed by atoms with Crippen molar-refractivity contribution in [1.82, 2.24) is 9.91 Å². The molecule has 196 valence electrons. The number of ether oxygens (including phenoxy) is 2. The zero-order chi connectivity index (χ0) is 26.4.